The van der Waals surface area contributed by atoms with Gasteiger partial charge >= 0.3 is 12.3 Å². The summed E-state index contributed by atoms with van der Waals surface area (Å²) in [7, 11) is 0. The van der Waals surface area contributed by atoms with Gasteiger partial charge in [-0.1, -0.05) is 15.9 Å². The van der Waals surface area contributed by atoms with Crippen molar-refractivity contribution in [3.05, 3.63) is 0 Å². The third kappa shape index (κ3) is 3.15. The van der Waals surface area contributed by atoms with Crippen molar-refractivity contribution in [2.45, 2.75) is 17.1 Å². The Morgan fingerprint density at radius 2 is 2.13 bits per heavy atom. The maximum atomic E-state index is 13.0. The van der Waals surface area contributed by atoms with E-state index >= 15 is 0 Å². The van der Waals surface area contributed by atoms with Gasteiger partial charge in [-0.2, -0.15) is 0 Å². The first kappa shape index (κ1) is 11.9. The number of hydrogen-bond acceptors (Lipinski definition) is 6. The summed E-state index contributed by atoms with van der Waals surface area (Å²) < 4.78 is 25.7. The highest BCUT2D eigenvalue weighted by Gasteiger charge is 2.36. The summed E-state index contributed by atoms with van der Waals surface area (Å²) >= 11 is 2.93. The molecule has 1 saturated heterocycles. The fourth-order valence-electron chi connectivity index (χ4n) is 0.891. The molecule has 1 heterocycles. The highest BCUT2D eigenvalue weighted by atomic mass is 79.9. The average Bonchev–Trinajstić information content (AvgIpc) is 2.19. The fraction of sp³-hybridized carbons (Fsp3) is 0.571. The standard InChI is InChI=1S/C7H6BrFO6/c8-3-2-13-6(11)15-7(12)14-5(3)4(9)1-10/h1,3-5H,2H2/t3-,4?,5-/m1/s1. The predicted molar refractivity (Wildman–Crippen MR) is 46.4 cm³/mol. The van der Waals surface area contributed by atoms with E-state index in [0.717, 1.165) is 0 Å². The second-order valence-electron chi connectivity index (χ2n) is 2.59. The molecule has 84 valence electrons. The van der Waals surface area contributed by atoms with Crippen molar-refractivity contribution in [2.24, 2.45) is 0 Å². The zero-order valence-corrected chi connectivity index (χ0v) is 8.81. The number of rotatable bonds is 2. The molecule has 3 atom stereocenters. The van der Waals surface area contributed by atoms with E-state index in [9.17, 15) is 18.8 Å². The highest BCUT2D eigenvalue weighted by molar-refractivity contribution is 9.09. The second-order valence-corrected chi connectivity index (χ2v) is 3.77. The third-order valence-corrected chi connectivity index (χ3v) is 2.35. The Balaban J connectivity index is 2.73. The number of alkyl halides is 2. The molecule has 15 heavy (non-hydrogen) atoms. The van der Waals surface area contributed by atoms with Crippen LogP contribution in [-0.4, -0.2) is 42.3 Å². The van der Waals surface area contributed by atoms with Crippen LogP contribution in [0, 0.1) is 0 Å². The zero-order chi connectivity index (χ0) is 11.4. The van der Waals surface area contributed by atoms with E-state index in [-0.39, 0.29) is 12.9 Å². The van der Waals surface area contributed by atoms with Crippen LogP contribution in [0.5, 0.6) is 0 Å². The molecular formula is C7H6BrFO6. The van der Waals surface area contributed by atoms with Crippen molar-refractivity contribution >= 4 is 34.5 Å². The molecule has 1 unspecified atom stereocenters. The van der Waals surface area contributed by atoms with Crippen LogP contribution in [0.3, 0.4) is 0 Å². The number of carbonyl (C=O) groups excluding carboxylic acids is 3. The minimum absolute atomic E-state index is 0.0182. The molecule has 0 saturated carbocycles. The molecule has 6 nitrogen and oxygen atoms in total. The molecule has 0 amide bonds. The van der Waals surface area contributed by atoms with Crippen LogP contribution in [0.4, 0.5) is 14.0 Å². The van der Waals surface area contributed by atoms with Gasteiger partial charge < -0.3 is 14.2 Å². The van der Waals surface area contributed by atoms with Crippen LogP contribution in [0.15, 0.2) is 0 Å². The summed E-state index contributed by atoms with van der Waals surface area (Å²) in [5.74, 6) is 0. The zero-order valence-electron chi connectivity index (χ0n) is 7.22. The van der Waals surface area contributed by atoms with Gasteiger partial charge in [-0.15, -0.1) is 0 Å². The van der Waals surface area contributed by atoms with Gasteiger partial charge in [0.2, 0.25) is 0 Å². The molecule has 8 heteroatoms. The van der Waals surface area contributed by atoms with E-state index in [1.54, 1.807) is 0 Å². The van der Waals surface area contributed by atoms with E-state index in [4.69, 9.17) is 0 Å². The smallest absolute Gasteiger partial charge is 0.433 e. The molecule has 0 aromatic carbocycles. The van der Waals surface area contributed by atoms with E-state index in [0.29, 0.717) is 0 Å². The Morgan fingerprint density at radius 3 is 2.73 bits per heavy atom. The Hall–Kier alpha value is -1.18. The number of carbonyl (C=O) groups is 3. The van der Waals surface area contributed by atoms with Gasteiger partial charge in [-0.05, 0) is 0 Å². The molecule has 0 bridgehead atoms. The maximum Gasteiger partial charge on any atom is 0.519 e. The van der Waals surface area contributed by atoms with E-state index < -0.39 is 29.4 Å². The summed E-state index contributed by atoms with van der Waals surface area (Å²) in [6.45, 7) is -0.273. The molecule has 0 N–H and O–H groups in total. The quantitative estimate of drug-likeness (QED) is 0.325. The molecular weight excluding hydrogens is 279 g/mol. The van der Waals surface area contributed by atoms with Crippen molar-refractivity contribution in [2.75, 3.05) is 6.61 Å². The van der Waals surface area contributed by atoms with Crippen LogP contribution in [0.1, 0.15) is 0 Å². The van der Waals surface area contributed by atoms with Crippen LogP contribution in [0.2, 0.25) is 0 Å². The first-order chi connectivity index (χ1) is 7.04. The average molecular weight is 285 g/mol. The van der Waals surface area contributed by atoms with Gasteiger partial charge in [0.25, 0.3) is 0 Å². The molecule has 1 rings (SSSR count). The first-order valence-corrected chi connectivity index (χ1v) is 4.75. The number of hydrogen-bond donors (Lipinski definition) is 0. The van der Waals surface area contributed by atoms with Gasteiger partial charge in [-0.3, -0.25) is 4.79 Å². The van der Waals surface area contributed by atoms with Crippen molar-refractivity contribution < 1.29 is 33.0 Å². The van der Waals surface area contributed by atoms with Crippen molar-refractivity contribution in [1.82, 2.24) is 0 Å². The SMILES string of the molecule is O=CC(F)[C@@H]1OC(=O)OC(=O)OC[C@H]1Br. The van der Waals surface area contributed by atoms with Crippen LogP contribution < -0.4 is 0 Å². The normalized spacial score (nSPS) is 28.9. The lowest BCUT2D eigenvalue weighted by Gasteiger charge is -2.24. The van der Waals surface area contributed by atoms with Gasteiger partial charge in [0.05, 0.1) is 4.83 Å². The summed E-state index contributed by atoms with van der Waals surface area (Å²) in [5.41, 5.74) is 0. The Morgan fingerprint density at radius 1 is 1.47 bits per heavy atom. The molecule has 0 aromatic rings. The Labute approximate surface area is 91.8 Å². The third-order valence-electron chi connectivity index (χ3n) is 1.56. The summed E-state index contributed by atoms with van der Waals surface area (Å²) in [6.07, 6.45) is -6.06. The topological polar surface area (TPSA) is 78.9 Å². The van der Waals surface area contributed by atoms with Crippen LogP contribution in [0.25, 0.3) is 0 Å². The summed E-state index contributed by atoms with van der Waals surface area (Å²) in [5, 5.41) is 0. The van der Waals surface area contributed by atoms with Gasteiger partial charge in [0, 0.05) is 0 Å². The van der Waals surface area contributed by atoms with Crippen molar-refractivity contribution in [3.8, 4) is 0 Å². The van der Waals surface area contributed by atoms with Crippen molar-refractivity contribution in [1.29, 1.82) is 0 Å². The molecule has 0 aromatic heterocycles. The number of cyclic esters (lactones) is 4. The minimum atomic E-state index is -2.02. The van der Waals surface area contributed by atoms with Crippen LogP contribution >= 0.6 is 15.9 Å². The lowest BCUT2D eigenvalue weighted by Crippen LogP contribution is -2.42. The molecule has 0 aliphatic carbocycles. The van der Waals surface area contributed by atoms with E-state index in [2.05, 4.69) is 30.1 Å². The lowest BCUT2D eigenvalue weighted by atomic mass is 10.2. The minimum Gasteiger partial charge on any atom is -0.433 e. The summed E-state index contributed by atoms with van der Waals surface area (Å²) in [4.78, 5) is 30.8. The predicted octanol–water partition coefficient (Wildman–Crippen LogP) is 0.959. The molecule has 0 spiro atoms. The fourth-order valence-corrected chi connectivity index (χ4v) is 1.42. The van der Waals surface area contributed by atoms with Gasteiger partial charge in [0.1, 0.15) is 6.61 Å². The monoisotopic (exact) mass is 284 g/mol. The molecule has 1 aliphatic rings. The largest absolute Gasteiger partial charge is 0.519 e. The first-order valence-electron chi connectivity index (χ1n) is 3.83. The number of halogens is 2. The Kier molecular flexibility index (Phi) is 4.01. The van der Waals surface area contributed by atoms with Crippen molar-refractivity contribution in [3.63, 3.8) is 0 Å². The second kappa shape index (κ2) is 5.06. The van der Waals surface area contributed by atoms with E-state index in [1.165, 1.54) is 0 Å². The molecule has 1 fully saturated rings. The molecule has 1 aliphatic heterocycles. The lowest BCUT2D eigenvalue weighted by molar-refractivity contribution is -0.117. The number of aldehydes is 1. The Bertz CT molecular complexity index is 283. The number of ether oxygens (including phenoxy) is 3. The summed E-state index contributed by atoms with van der Waals surface area (Å²) in [6, 6.07) is 0. The van der Waals surface area contributed by atoms with Gasteiger partial charge in [-0.25, -0.2) is 14.0 Å². The van der Waals surface area contributed by atoms with E-state index in [1.807, 2.05) is 0 Å². The molecule has 0 radical (unpaired) electrons. The van der Waals surface area contributed by atoms with Gasteiger partial charge in [0.15, 0.2) is 18.6 Å². The maximum absolute atomic E-state index is 13.0. The highest BCUT2D eigenvalue weighted by Crippen LogP contribution is 2.18. The van der Waals surface area contributed by atoms with Crippen LogP contribution in [-0.2, 0) is 19.0 Å².